The van der Waals surface area contributed by atoms with Crippen LogP contribution >= 0.6 is 11.3 Å². The lowest BCUT2D eigenvalue weighted by Gasteiger charge is -2.42. The predicted octanol–water partition coefficient (Wildman–Crippen LogP) is 4.19. The molecule has 2 aliphatic heterocycles. The van der Waals surface area contributed by atoms with Crippen molar-refractivity contribution in [3.8, 4) is 0 Å². The number of alkyl halides is 1. The first-order valence-corrected chi connectivity index (χ1v) is 13.9. The van der Waals surface area contributed by atoms with Gasteiger partial charge in [0.1, 0.15) is 16.5 Å². The topological polar surface area (TPSA) is 70.6 Å². The summed E-state index contributed by atoms with van der Waals surface area (Å²) < 4.78 is 45.8. The van der Waals surface area contributed by atoms with Crippen molar-refractivity contribution in [2.45, 2.75) is 51.1 Å². The third kappa shape index (κ3) is 6.61. The smallest absolute Gasteiger partial charge is 0.263 e. The number of pyridine rings is 1. The fraction of sp³-hybridized carbons (Fsp3) is 0.654. The number of carbonyl (C=O) groups is 1. The second kappa shape index (κ2) is 11.7. The number of anilines is 1. The highest BCUT2D eigenvalue weighted by Crippen LogP contribution is 2.46. The van der Waals surface area contributed by atoms with Crippen LogP contribution in [0.3, 0.4) is 0 Å². The minimum atomic E-state index is -0.788. The molecule has 1 aliphatic carbocycles. The van der Waals surface area contributed by atoms with Crippen molar-refractivity contribution in [1.82, 2.24) is 20.2 Å². The van der Waals surface area contributed by atoms with E-state index in [2.05, 4.69) is 25.1 Å². The van der Waals surface area contributed by atoms with Gasteiger partial charge in [-0.3, -0.25) is 19.1 Å². The van der Waals surface area contributed by atoms with E-state index in [-0.39, 0.29) is 30.2 Å². The van der Waals surface area contributed by atoms with Gasteiger partial charge in [-0.2, -0.15) is 0 Å². The van der Waals surface area contributed by atoms with Crippen molar-refractivity contribution in [2.75, 3.05) is 51.0 Å². The molecule has 2 aromatic rings. The van der Waals surface area contributed by atoms with Gasteiger partial charge in [-0.15, -0.1) is 0 Å². The molecule has 11 heteroatoms. The number of thiazole rings is 1. The highest BCUT2D eigenvalue weighted by Gasteiger charge is 2.43. The largest absolute Gasteiger partial charge is 0.380 e. The number of likely N-dealkylation sites (tertiary alicyclic amines) is 1. The van der Waals surface area contributed by atoms with Crippen molar-refractivity contribution >= 4 is 22.4 Å². The fourth-order valence-electron chi connectivity index (χ4n) is 5.26. The minimum absolute atomic E-state index is 0.0142. The molecule has 7 nitrogen and oxygen atoms in total. The van der Waals surface area contributed by atoms with Crippen LogP contribution in [-0.2, 0) is 11.3 Å². The Bertz CT molecular complexity index is 1070. The van der Waals surface area contributed by atoms with E-state index in [0.717, 1.165) is 75.9 Å². The quantitative estimate of drug-likeness (QED) is 0.490. The van der Waals surface area contributed by atoms with Crippen LogP contribution in [0.25, 0.3) is 0 Å². The Morgan fingerprint density at radius 1 is 1.16 bits per heavy atom. The number of amides is 1. The van der Waals surface area contributed by atoms with Gasteiger partial charge in [-0.05, 0) is 51.0 Å². The number of nitrogens with one attached hydrogen (secondary N) is 1. The summed E-state index contributed by atoms with van der Waals surface area (Å²) in [7, 11) is 0. The molecule has 1 N–H and O–H groups in total. The van der Waals surface area contributed by atoms with Crippen LogP contribution in [0.15, 0.2) is 18.5 Å². The van der Waals surface area contributed by atoms with E-state index in [4.69, 9.17) is 4.74 Å². The molecule has 0 aromatic carbocycles. The molecule has 3 aliphatic rings. The zero-order valence-corrected chi connectivity index (χ0v) is 21.8. The Balaban J connectivity index is 1.06. The van der Waals surface area contributed by atoms with E-state index in [0.29, 0.717) is 23.4 Å². The number of halogens is 3. The van der Waals surface area contributed by atoms with Gasteiger partial charge in [0.2, 0.25) is 0 Å². The molecule has 202 valence electrons. The van der Waals surface area contributed by atoms with E-state index >= 15 is 0 Å². The second-order valence-corrected chi connectivity index (χ2v) is 11.7. The Kier molecular flexibility index (Phi) is 8.31. The molecule has 0 radical (unpaired) electrons. The number of rotatable bonds is 10. The van der Waals surface area contributed by atoms with E-state index in [1.54, 1.807) is 6.20 Å². The van der Waals surface area contributed by atoms with Gasteiger partial charge in [-0.25, -0.2) is 13.8 Å². The number of hydrogen-bond donors (Lipinski definition) is 1. The van der Waals surface area contributed by atoms with Gasteiger partial charge < -0.3 is 15.0 Å². The summed E-state index contributed by atoms with van der Waals surface area (Å²) in [5.41, 5.74) is -0.186. The predicted molar refractivity (Wildman–Crippen MR) is 135 cm³/mol. The summed E-state index contributed by atoms with van der Waals surface area (Å²) in [5.74, 6) is -1.39. The Morgan fingerprint density at radius 2 is 1.97 bits per heavy atom. The maximum Gasteiger partial charge on any atom is 0.263 e. The molecular weight excluding hydrogens is 503 g/mol. The molecule has 1 atom stereocenters. The SMILES string of the molecule is O=C(NCc1ncc(F)cc1F)c1cnc(N2CCC(N3CCCC(COCC4(CF)CC4)C3)CC2)s1. The van der Waals surface area contributed by atoms with Crippen molar-refractivity contribution < 1.29 is 22.7 Å². The molecule has 2 saturated heterocycles. The molecule has 0 spiro atoms. The summed E-state index contributed by atoms with van der Waals surface area (Å²) in [6.45, 7) is 4.81. The van der Waals surface area contributed by atoms with Crippen LogP contribution in [0.5, 0.6) is 0 Å². The van der Waals surface area contributed by atoms with Gasteiger partial charge in [0, 0.05) is 37.2 Å². The molecule has 1 amide bonds. The summed E-state index contributed by atoms with van der Waals surface area (Å²) in [4.78, 5) is 25.9. The highest BCUT2D eigenvalue weighted by molar-refractivity contribution is 7.17. The molecule has 2 aromatic heterocycles. The number of aromatic nitrogens is 2. The Labute approximate surface area is 219 Å². The third-order valence-corrected chi connectivity index (χ3v) is 8.88. The summed E-state index contributed by atoms with van der Waals surface area (Å²) in [5, 5.41) is 3.43. The van der Waals surface area contributed by atoms with Gasteiger partial charge in [0.05, 0.1) is 44.5 Å². The van der Waals surface area contributed by atoms with E-state index in [1.807, 2.05) is 0 Å². The molecular formula is C26H34F3N5O2S. The Morgan fingerprint density at radius 3 is 2.70 bits per heavy atom. The third-order valence-electron chi connectivity index (χ3n) is 7.82. The second-order valence-electron chi connectivity index (χ2n) is 10.6. The van der Waals surface area contributed by atoms with Crippen LogP contribution in [0.1, 0.15) is 53.9 Å². The van der Waals surface area contributed by atoms with Crippen LogP contribution in [0.2, 0.25) is 0 Å². The van der Waals surface area contributed by atoms with Gasteiger partial charge in [0.25, 0.3) is 5.91 Å². The Hall–Kier alpha value is -2.24. The monoisotopic (exact) mass is 537 g/mol. The van der Waals surface area contributed by atoms with Crippen molar-refractivity contribution in [3.63, 3.8) is 0 Å². The lowest BCUT2D eigenvalue weighted by atomic mass is 9.94. The van der Waals surface area contributed by atoms with Gasteiger partial charge in [0.15, 0.2) is 5.13 Å². The number of hydrogen-bond acceptors (Lipinski definition) is 7. The van der Waals surface area contributed by atoms with Crippen LogP contribution in [-0.4, -0.2) is 72.9 Å². The summed E-state index contributed by atoms with van der Waals surface area (Å²) in [6.07, 6.45) is 8.80. The van der Waals surface area contributed by atoms with E-state index in [1.165, 1.54) is 24.2 Å². The number of ether oxygens (including phenoxy) is 1. The molecule has 0 bridgehead atoms. The van der Waals surface area contributed by atoms with Crippen molar-refractivity contribution in [1.29, 1.82) is 0 Å². The first-order valence-electron chi connectivity index (χ1n) is 13.1. The van der Waals surface area contributed by atoms with Crippen LogP contribution < -0.4 is 10.2 Å². The zero-order chi connectivity index (χ0) is 25.8. The zero-order valence-electron chi connectivity index (χ0n) is 20.9. The van der Waals surface area contributed by atoms with Crippen molar-refractivity contribution in [2.24, 2.45) is 11.3 Å². The first-order chi connectivity index (χ1) is 17.9. The van der Waals surface area contributed by atoms with Crippen molar-refractivity contribution in [3.05, 3.63) is 40.7 Å². The summed E-state index contributed by atoms with van der Waals surface area (Å²) in [6, 6.07) is 1.28. The molecule has 3 fully saturated rings. The van der Waals surface area contributed by atoms with Crippen LogP contribution in [0, 0.1) is 23.0 Å². The number of carbonyl (C=O) groups excluding carboxylic acids is 1. The van der Waals surface area contributed by atoms with E-state index in [9.17, 15) is 18.0 Å². The molecule has 5 rings (SSSR count). The summed E-state index contributed by atoms with van der Waals surface area (Å²) >= 11 is 1.32. The minimum Gasteiger partial charge on any atom is -0.380 e. The lowest BCUT2D eigenvalue weighted by molar-refractivity contribution is 0.0196. The van der Waals surface area contributed by atoms with E-state index < -0.39 is 11.6 Å². The van der Waals surface area contributed by atoms with Crippen LogP contribution in [0.4, 0.5) is 18.3 Å². The first kappa shape index (κ1) is 26.4. The normalized spacial score (nSPS) is 22.2. The fourth-order valence-corrected chi connectivity index (χ4v) is 6.15. The van der Waals surface area contributed by atoms with Gasteiger partial charge in [-0.1, -0.05) is 11.3 Å². The van der Waals surface area contributed by atoms with Gasteiger partial charge >= 0.3 is 0 Å². The number of nitrogens with zero attached hydrogens (tertiary/aromatic N) is 4. The molecule has 1 saturated carbocycles. The average molecular weight is 538 g/mol. The standard InChI is InChI=1S/C26H34F3N5O2S/c27-16-26(5-6-26)17-36-15-18-2-1-7-34(14-18)20-3-8-33(9-4-20)25-32-13-23(37-25)24(35)31-12-22-21(29)10-19(28)11-30-22/h10-11,13,18,20H,1-9,12,14-17H2,(H,31,35). The highest BCUT2D eigenvalue weighted by atomic mass is 32.1. The molecule has 4 heterocycles. The number of piperidine rings is 2. The maximum atomic E-state index is 13.8. The maximum absolute atomic E-state index is 13.8. The lowest BCUT2D eigenvalue weighted by Crippen LogP contribution is -2.49. The molecule has 1 unspecified atom stereocenters. The molecule has 37 heavy (non-hydrogen) atoms. The average Bonchev–Trinajstić information content (AvgIpc) is 3.52.